The Balaban J connectivity index is 1.65. The maximum Gasteiger partial charge on any atom is 0.164 e. The van der Waals surface area contributed by atoms with Gasteiger partial charge in [0.2, 0.25) is 0 Å². The van der Waals surface area contributed by atoms with E-state index in [0.717, 1.165) is 30.6 Å². The molecule has 4 aliphatic rings. The zero-order valence-electron chi connectivity index (χ0n) is 16.2. The fraction of sp³-hybridized carbons (Fsp3) is 0.870. The van der Waals surface area contributed by atoms with E-state index in [4.69, 9.17) is 0 Å². The van der Waals surface area contributed by atoms with Crippen LogP contribution in [0, 0.1) is 40.4 Å². The predicted molar refractivity (Wildman–Crippen MR) is 99.7 cm³/mol. The molecular formula is C23H36O. The number of hydrogen-bond acceptors (Lipinski definition) is 1. The number of Topliss-reactive ketones (excluding diaryl/α,β-unsaturated/α-hetero) is 1. The summed E-state index contributed by atoms with van der Waals surface area (Å²) in [7, 11) is 0. The van der Waals surface area contributed by atoms with Crippen LogP contribution in [0.4, 0.5) is 0 Å². The molecule has 4 fully saturated rings. The van der Waals surface area contributed by atoms with Gasteiger partial charge in [0, 0.05) is 5.41 Å². The molecule has 0 aromatic carbocycles. The Morgan fingerprint density at radius 2 is 1.79 bits per heavy atom. The van der Waals surface area contributed by atoms with Gasteiger partial charge < -0.3 is 0 Å². The van der Waals surface area contributed by atoms with Crippen molar-refractivity contribution in [3.05, 3.63) is 11.6 Å². The van der Waals surface area contributed by atoms with E-state index in [9.17, 15) is 4.79 Å². The smallest absolute Gasteiger partial charge is 0.164 e. The van der Waals surface area contributed by atoms with Crippen molar-refractivity contribution in [3.8, 4) is 0 Å². The molecule has 1 heteroatoms. The lowest BCUT2D eigenvalue weighted by molar-refractivity contribution is -0.137. The van der Waals surface area contributed by atoms with Gasteiger partial charge in [-0.15, -0.1) is 0 Å². The molecule has 0 heterocycles. The van der Waals surface area contributed by atoms with E-state index in [1.807, 2.05) is 0 Å². The Kier molecular flexibility index (Phi) is 4.01. The lowest BCUT2D eigenvalue weighted by atomic mass is 9.45. The van der Waals surface area contributed by atoms with Crippen LogP contribution in [0.2, 0.25) is 0 Å². The predicted octanol–water partition coefficient (Wildman–Crippen LogP) is 6.18. The number of carbonyl (C=O) groups is 1. The van der Waals surface area contributed by atoms with Crippen molar-refractivity contribution >= 4 is 5.78 Å². The molecule has 0 aromatic heterocycles. The van der Waals surface area contributed by atoms with Gasteiger partial charge in [-0.25, -0.2) is 0 Å². The highest BCUT2D eigenvalue weighted by molar-refractivity contribution is 6.02. The topological polar surface area (TPSA) is 17.1 Å². The maximum atomic E-state index is 13.2. The molecule has 24 heavy (non-hydrogen) atoms. The van der Waals surface area contributed by atoms with Crippen LogP contribution in [0.1, 0.15) is 85.5 Å². The summed E-state index contributed by atoms with van der Waals surface area (Å²) in [5.41, 5.74) is 1.71. The number of fused-ring (bicyclic) bond motifs is 5. The van der Waals surface area contributed by atoms with Crippen molar-refractivity contribution in [3.63, 3.8) is 0 Å². The van der Waals surface area contributed by atoms with E-state index in [1.165, 1.54) is 50.5 Å². The molecule has 0 saturated heterocycles. The third kappa shape index (κ3) is 2.29. The van der Waals surface area contributed by atoms with E-state index in [1.54, 1.807) is 0 Å². The van der Waals surface area contributed by atoms with Gasteiger partial charge in [0.1, 0.15) is 0 Å². The summed E-state index contributed by atoms with van der Waals surface area (Å²) in [6, 6.07) is 0. The molecule has 0 aromatic rings. The van der Waals surface area contributed by atoms with Gasteiger partial charge in [-0.3, -0.25) is 4.79 Å². The van der Waals surface area contributed by atoms with Gasteiger partial charge in [0.25, 0.3) is 0 Å². The summed E-state index contributed by atoms with van der Waals surface area (Å²) in [6.07, 6.45) is 14.5. The largest absolute Gasteiger partial charge is 0.294 e. The number of allylic oxidation sites excluding steroid dienone is 2. The van der Waals surface area contributed by atoms with Crippen molar-refractivity contribution in [2.24, 2.45) is 40.4 Å². The van der Waals surface area contributed by atoms with Crippen molar-refractivity contribution in [1.29, 1.82) is 0 Å². The summed E-state index contributed by atoms with van der Waals surface area (Å²) in [5, 5.41) is 0. The van der Waals surface area contributed by atoms with Gasteiger partial charge in [0.15, 0.2) is 5.78 Å². The van der Waals surface area contributed by atoms with Crippen molar-refractivity contribution in [2.75, 3.05) is 0 Å². The standard InChI is InChI=1S/C23H36O/c1-15(2)13-16-14-20-18-9-8-17-7-5-6-11-22(17,3)19(18)10-12-23(20,4)21(16)24/h13,15,17-20H,5-12,14H2,1-4H3/b16-13+/t17-,18-,19-,20-,22+,23+/m1/s1. The molecule has 4 rings (SSSR count). The summed E-state index contributed by atoms with van der Waals surface area (Å²) in [5.74, 6) is 4.31. The molecule has 0 radical (unpaired) electrons. The van der Waals surface area contributed by atoms with Gasteiger partial charge >= 0.3 is 0 Å². The molecule has 4 saturated carbocycles. The average Bonchev–Trinajstić information content (AvgIpc) is 2.78. The minimum Gasteiger partial charge on any atom is -0.294 e. The highest BCUT2D eigenvalue weighted by atomic mass is 16.1. The molecule has 0 aliphatic heterocycles. The highest BCUT2D eigenvalue weighted by Crippen LogP contribution is 2.66. The number of hydrogen-bond donors (Lipinski definition) is 0. The van der Waals surface area contributed by atoms with Gasteiger partial charge in [0.05, 0.1) is 0 Å². The van der Waals surface area contributed by atoms with Crippen LogP contribution in [0.3, 0.4) is 0 Å². The van der Waals surface area contributed by atoms with Gasteiger partial charge in [-0.05, 0) is 85.5 Å². The summed E-state index contributed by atoms with van der Waals surface area (Å²) in [6.45, 7) is 9.36. The minimum atomic E-state index is -0.0419. The van der Waals surface area contributed by atoms with E-state index in [0.29, 0.717) is 23.0 Å². The fourth-order valence-corrected chi connectivity index (χ4v) is 7.52. The van der Waals surface area contributed by atoms with Crippen LogP contribution < -0.4 is 0 Å². The molecular weight excluding hydrogens is 292 g/mol. The Morgan fingerprint density at radius 3 is 2.54 bits per heavy atom. The third-order valence-electron chi connectivity index (χ3n) is 8.76. The van der Waals surface area contributed by atoms with Crippen LogP contribution >= 0.6 is 0 Å². The number of rotatable bonds is 1. The van der Waals surface area contributed by atoms with E-state index in [2.05, 4.69) is 33.8 Å². The highest BCUT2D eigenvalue weighted by Gasteiger charge is 2.60. The van der Waals surface area contributed by atoms with E-state index in [-0.39, 0.29) is 5.41 Å². The summed E-state index contributed by atoms with van der Waals surface area (Å²) in [4.78, 5) is 13.2. The minimum absolute atomic E-state index is 0.0419. The Hall–Kier alpha value is -0.590. The van der Waals surface area contributed by atoms with Crippen molar-refractivity contribution in [2.45, 2.75) is 85.5 Å². The molecule has 134 valence electrons. The first-order chi connectivity index (χ1) is 11.4. The second kappa shape index (κ2) is 5.71. The average molecular weight is 329 g/mol. The normalized spacial score (nSPS) is 49.9. The molecule has 1 nitrogen and oxygen atoms in total. The Labute approximate surface area is 148 Å². The lowest BCUT2D eigenvalue weighted by Crippen LogP contribution is -2.52. The summed E-state index contributed by atoms with van der Waals surface area (Å²) >= 11 is 0. The Morgan fingerprint density at radius 1 is 1.00 bits per heavy atom. The van der Waals surface area contributed by atoms with Crippen LogP contribution in [-0.4, -0.2) is 5.78 Å². The molecule has 6 atom stereocenters. The van der Waals surface area contributed by atoms with Crippen LogP contribution in [-0.2, 0) is 4.79 Å². The molecule has 0 spiro atoms. The second-order valence-electron chi connectivity index (χ2n) is 10.3. The Bertz CT molecular complexity index is 558. The van der Waals surface area contributed by atoms with Crippen LogP contribution in [0.5, 0.6) is 0 Å². The SMILES string of the molecule is CC(C)/C=C1\C[C@@H]2[C@@H]3CC[C@H]4CCCC[C@]4(C)[C@@H]3CC[C@]2(C)C1=O. The first-order valence-electron chi connectivity index (χ1n) is 10.6. The van der Waals surface area contributed by atoms with Gasteiger partial charge in [-0.2, -0.15) is 0 Å². The fourth-order valence-electron chi connectivity index (χ4n) is 7.52. The first-order valence-corrected chi connectivity index (χ1v) is 10.6. The molecule has 4 aliphatic carbocycles. The molecule has 0 amide bonds. The zero-order chi connectivity index (χ0) is 17.1. The van der Waals surface area contributed by atoms with Crippen molar-refractivity contribution in [1.82, 2.24) is 0 Å². The monoisotopic (exact) mass is 328 g/mol. The first kappa shape index (κ1) is 16.9. The quantitative estimate of drug-likeness (QED) is 0.525. The van der Waals surface area contributed by atoms with Crippen LogP contribution in [0.15, 0.2) is 11.6 Å². The maximum absolute atomic E-state index is 13.2. The molecule has 0 N–H and O–H groups in total. The molecule has 0 bridgehead atoms. The second-order valence-corrected chi connectivity index (χ2v) is 10.3. The van der Waals surface area contributed by atoms with E-state index < -0.39 is 0 Å². The van der Waals surface area contributed by atoms with Crippen LogP contribution in [0.25, 0.3) is 0 Å². The third-order valence-corrected chi connectivity index (χ3v) is 8.76. The molecule has 0 unspecified atom stereocenters. The summed E-state index contributed by atoms with van der Waals surface area (Å²) < 4.78 is 0. The van der Waals surface area contributed by atoms with E-state index >= 15 is 0 Å². The number of carbonyl (C=O) groups excluding carboxylic acids is 1. The number of ketones is 1. The van der Waals surface area contributed by atoms with Crippen molar-refractivity contribution < 1.29 is 4.79 Å². The van der Waals surface area contributed by atoms with Gasteiger partial charge in [-0.1, -0.05) is 46.6 Å². The lowest BCUT2D eigenvalue weighted by Gasteiger charge is -2.59. The zero-order valence-corrected chi connectivity index (χ0v) is 16.2.